The van der Waals surface area contributed by atoms with Crippen molar-refractivity contribution in [3.8, 4) is 12.3 Å². The smallest absolute Gasteiger partial charge is 0.0274 e. The summed E-state index contributed by atoms with van der Waals surface area (Å²) in [5, 5.41) is 0. The summed E-state index contributed by atoms with van der Waals surface area (Å²) in [7, 11) is 0. The van der Waals surface area contributed by atoms with Gasteiger partial charge in [0.15, 0.2) is 0 Å². The molecule has 0 aromatic heterocycles. The molecule has 0 spiro atoms. The van der Waals surface area contributed by atoms with Gasteiger partial charge in [0.2, 0.25) is 0 Å². The van der Waals surface area contributed by atoms with Gasteiger partial charge < -0.3 is 0 Å². The summed E-state index contributed by atoms with van der Waals surface area (Å²) in [5.74, 6) is 2.70. The van der Waals surface area contributed by atoms with E-state index in [1.54, 1.807) is 0 Å². The van der Waals surface area contributed by atoms with E-state index in [1.165, 1.54) is 11.1 Å². The molecular formula is C12H14. The van der Waals surface area contributed by atoms with Crippen molar-refractivity contribution in [3.05, 3.63) is 34.9 Å². The van der Waals surface area contributed by atoms with Crippen LogP contribution in [-0.2, 0) is 12.8 Å². The topological polar surface area (TPSA) is 0 Å². The van der Waals surface area contributed by atoms with Gasteiger partial charge in [0.05, 0.1) is 0 Å². The molecule has 0 aliphatic rings. The molecule has 0 unspecified atom stereocenters. The van der Waals surface area contributed by atoms with Crippen LogP contribution in [0.5, 0.6) is 0 Å². The first-order chi connectivity index (χ1) is 5.81. The SMILES string of the molecule is C#Cc1ccc(CC)cc1CC. The Hall–Kier alpha value is -1.22. The molecule has 1 aromatic carbocycles. The molecule has 0 saturated carbocycles. The summed E-state index contributed by atoms with van der Waals surface area (Å²) < 4.78 is 0. The van der Waals surface area contributed by atoms with Gasteiger partial charge in [-0.25, -0.2) is 0 Å². The first-order valence-corrected chi connectivity index (χ1v) is 4.40. The molecule has 0 saturated heterocycles. The zero-order valence-corrected chi connectivity index (χ0v) is 7.72. The van der Waals surface area contributed by atoms with Crippen molar-refractivity contribution in [3.63, 3.8) is 0 Å². The van der Waals surface area contributed by atoms with E-state index in [0.29, 0.717) is 0 Å². The van der Waals surface area contributed by atoms with Crippen molar-refractivity contribution in [1.82, 2.24) is 0 Å². The lowest BCUT2D eigenvalue weighted by molar-refractivity contribution is 1.08. The van der Waals surface area contributed by atoms with E-state index in [0.717, 1.165) is 18.4 Å². The van der Waals surface area contributed by atoms with Crippen LogP contribution in [0.1, 0.15) is 30.5 Å². The highest BCUT2D eigenvalue weighted by Gasteiger charge is 1.97. The molecule has 0 fully saturated rings. The fraction of sp³-hybridized carbons (Fsp3) is 0.333. The van der Waals surface area contributed by atoms with Crippen LogP contribution in [0.15, 0.2) is 18.2 Å². The Balaban J connectivity index is 3.13. The minimum atomic E-state index is 1.02. The van der Waals surface area contributed by atoms with Gasteiger partial charge >= 0.3 is 0 Å². The third-order valence-electron chi connectivity index (χ3n) is 2.11. The molecule has 0 N–H and O–H groups in total. The minimum absolute atomic E-state index is 1.02. The van der Waals surface area contributed by atoms with Crippen LogP contribution in [-0.4, -0.2) is 0 Å². The maximum Gasteiger partial charge on any atom is 0.0274 e. The molecule has 62 valence electrons. The van der Waals surface area contributed by atoms with Gasteiger partial charge in [-0.3, -0.25) is 0 Å². The van der Waals surface area contributed by atoms with E-state index in [2.05, 4.69) is 31.9 Å². The van der Waals surface area contributed by atoms with Crippen molar-refractivity contribution < 1.29 is 0 Å². The number of aryl methyl sites for hydroxylation is 2. The van der Waals surface area contributed by atoms with Crippen molar-refractivity contribution in [2.24, 2.45) is 0 Å². The molecule has 0 atom stereocenters. The number of rotatable bonds is 2. The van der Waals surface area contributed by atoms with Crippen molar-refractivity contribution in [2.45, 2.75) is 26.7 Å². The van der Waals surface area contributed by atoms with Crippen molar-refractivity contribution >= 4 is 0 Å². The monoisotopic (exact) mass is 158 g/mol. The molecule has 0 radical (unpaired) electrons. The molecule has 0 nitrogen and oxygen atoms in total. The minimum Gasteiger partial charge on any atom is -0.115 e. The van der Waals surface area contributed by atoms with E-state index >= 15 is 0 Å². The van der Waals surface area contributed by atoms with Crippen LogP contribution in [0.3, 0.4) is 0 Å². The fourth-order valence-electron chi connectivity index (χ4n) is 1.30. The summed E-state index contributed by atoms with van der Waals surface area (Å²) in [6, 6.07) is 6.35. The molecule has 0 aliphatic heterocycles. The second-order valence-electron chi connectivity index (χ2n) is 2.84. The maximum atomic E-state index is 5.37. The number of terminal acetylenes is 1. The van der Waals surface area contributed by atoms with Gasteiger partial charge in [-0.2, -0.15) is 0 Å². The van der Waals surface area contributed by atoms with Crippen LogP contribution in [0, 0.1) is 12.3 Å². The lowest BCUT2D eigenvalue weighted by Crippen LogP contribution is -1.90. The predicted octanol–water partition coefficient (Wildman–Crippen LogP) is 2.79. The highest BCUT2D eigenvalue weighted by molar-refractivity contribution is 5.42. The van der Waals surface area contributed by atoms with Gasteiger partial charge in [-0.1, -0.05) is 31.9 Å². The Bertz CT molecular complexity index is 302. The van der Waals surface area contributed by atoms with E-state index < -0.39 is 0 Å². The Labute approximate surface area is 74.6 Å². The lowest BCUT2D eigenvalue weighted by atomic mass is 10.0. The number of hydrogen-bond acceptors (Lipinski definition) is 0. The second-order valence-corrected chi connectivity index (χ2v) is 2.84. The summed E-state index contributed by atoms with van der Waals surface area (Å²) >= 11 is 0. The normalized spacial score (nSPS) is 9.42. The van der Waals surface area contributed by atoms with Crippen LogP contribution < -0.4 is 0 Å². The van der Waals surface area contributed by atoms with Gasteiger partial charge in [-0.15, -0.1) is 6.42 Å². The first-order valence-electron chi connectivity index (χ1n) is 4.40. The molecular weight excluding hydrogens is 144 g/mol. The van der Waals surface area contributed by atoms with Gasteiger partial charge in [-0.05, 0) is 30.0 Å². The average Bonchev–Trinajstić information content (AvgIpc) is 2.16. The van der Waals surface area contributed by atoms with Crippen LogP contribution in [0.4, 0.5) is 0 Å². The molecule has 0 heteroatoms. The van der Waals surface area contributed by atoms with Crippen LogP contribution >= 0.6 is 0 Å². The van der Waals surface area contributed by atoms with E-state index in [4.69, 9.17) is 6.42 Å². The van der Waals surface area contributed by atoms with E-state index in [9.17, 15) is 0 Å². The Morgan fingerprint density at radius 1 is 1.25 bits per heavy atom. The third-order valence-corrected chi connectivity index (χ3v) is 2.11. The quantitative estimate of drug-likeness (QED) is 0.580. The predicted molar refractivity (Wildman–Crippen MR) is 53.1 cm³/mol. The molecule has 0 aliphatic carbocycles. The summed E-state index contributed by atoms with van der Waals surface area (Å²) in [6.45, 7) is 4.29. The van der Waals surface area contributed by atoms with Gasteiger partial charge in [0.1, 0.15) is 0 Å². The largest absolute Gasteiger partial charge is 0.115 e. The van der Waals surface area contributed by atoms with Crippen LogP contribution in [0.25, 0.3) is 0 Å². The number of hydrogen-bond donors (Lipinski definition) is 0. The zero-order valence-electron chi connectivity index (χ0n) is 7.72. The van der Waals surface area contributed by atoms with E-state index in [-0.39, 0.29) is 0 Å². The molecule has 12 heavy (non-hydrogen) atoms. The van der Waals surface area contributed by atoms with Crippen molar-refractivity contribution in [1.29, 1.82) is 0 Å². The van der Waals surface area contributed by atoms with Gasteiger partial charge in [0, 0.05) is 5.56 Å². The number of benzene rings is 1. The third kappa shape index (κ3) is 1.68. The highest BCUT2D eigenvalue weighted by Crippen LogP contribution is 2.12. The second kappa shape index (κ2) is 3.97. The average molecular weight is 158 g/mol. The lowest BCUT2D eigenvalue weighted by Gasteiger charge is -2.03. The van der Waals surface area contributed by atoms with Crippen molar-refractivity contribution in [2.75, 3.05) is 0 Å². The Morgan fingerprint density at radius 3 is 2.50 bits per heavy atom. The summed E-state index contributed by atoms with van der Waals surface area (Å²) in [4.78, 5) is 0. The maximum absolute atomic E-state index is 5.37. The molecule has 1 aromatic rings. The summed E-state index contributed by atoms with van der Waals surface area (Å²) in [6.07, 6.45) is 7.47. The Kier molecular flexibility index (Phi) is 2.94. The fourth-order valence-corrected chi connectivity index (χ4v) is 1.30. The molecule has 0 bridgehead atoms. The highest BCUT2D eigenvalue weighted by atomic mass is 14.0. The van der Waals surface area contributed by atoms with Crippen LogP contribution in [0.2, 0.25) is 0 Å². The Morgan fingerprint density at radius 2 is 2.00 bits per heavy atom. The van der Waals surface area contributed by atoms with Gasteiger partial charge in [0.25, 0.3) is 0 Å². The molecule has 0 heterocycles. The molecule has 1 rings (SSSR count). The zero-order chi connectivity index (χ0) is 8.97. The standard InChI is InChI=1S/C12H14/c1-4-10-7-8-11(5-2)12(6-3)9-10/h2,7-9H,4,6H2,1,3H3. The first kappa shape index (κ1) is 8.87. The van der Waals surface area contributed by atoms with E-state index in [1.807, 2.05) is 6.07 Å². The molecule has 0 amide bonds. The summed E-state index contributed by atoms with van der Waals surface area (Å²) in [5.41, 5.74) is 3.69.